The van der Waals surface area contributed by atoms with Gasteiger partial charge in [0.1, 0.15) is 0 Å². The lowest BCUT2D eigenvalue weighted by Crippen LogP contribution is -2.52. The fourth-order valence-electron chi connectivity index (χ4n) is 3.98. The minimum absolute atomic E-state index is 0.503. The Morgan fingerprint density at radius 3 is 2.89 bits per heavy atom. The van der Waals surface area contributed by atoms with Crippen LogP contribution in [0.4, 0.5) is 22.7 Å². The second-order valence-corrected chi connectivity index (χ2v) is 7.51. The van der Waals surface area contributed by atoms with Crippen LogP contribution in [0.3, 0.4) is 0 Å². The van der Waals surface area contributed by atoms with Gasteiger partial charge < -0.3 is 15.0 Å². The van der Waals surface area contributed by atoms with Gasteiger partial charge in [-0.05, 0) is 50.2 Å². The Kier molecular flexibility index (Phi) is 5.14. The zero-order valence-corrected chi connectivity index (χ0v) is 16.4. The van der Waals surface area contributed by atoms with E-state index < -0.39 is 0 Å². The summed E-state index contributed by atoms with van der Waals surface area (Å²) in [6, 6.07) is 13.2. The van der Waals surface area contributed by atoms with Crippen molar-refractivity contribution < 1.29 is 4.74 Å². The summed E-state index contributed by atoms with van der Waals surface area (Å²) >= 11 is 0. The number of anilines is 3. The fourth-order valence-corrected chi connectivity index (χ4v) is 3.98. The van der Waals surface area contributed by atoms with Crippen LogP contribution in [0.25, 0.3) is 0 Å². The van der Waals surface area contributed by atoms with Crippen LogP contribution in [-0.4, -0.2) is 57.6 Å². The molecule has 5 nitrogen and oxygen atoms in total. The van der Waals surface area contributed by atoms with Crippen LogP contribution in [0.2, 0.25) is 0 Å². The molecule has 2 aromatic carbocycles. The lowest BCUT2D eigenvalue weighted by atomic mass is 10.0. The number of methoxy groups -OCH3 is 1. The van der Waals surface area contributed by atoms with Crippen LogP contribution in [0.5, 0.6) is 0 Å². The van der Waals surface area contributed by atoms with Gasteiger partial charge in [-0.2, -0.15) is 0 Å². The Bertz CT molecular complexity index is 848. The van der Waals surface area contributed by atoms with Crippen molar-refractivity contribution in [3.63, 3.8) is 0 Å². The predicted octanol–water partition coefficient (Wildman–Crippen LogP) is 3.96. The number of nitrogens with zero attached hydrogens (tertiary/aromatic N) is 3. The van der Waals surface area contributed by atoms with Gasteiger partial charge in [0.05, 0.1) is 11.4 Å². The largest absolute Gasteiger partial charge is 0.385 e. The Morgan fingerprint density at radius 1 is 1.19 bits per heavy atom. The van der Waals surface area contributed by atoms with Crippen LogP contribution >= 0.6 is 0 Å². The van der Waals surface area contributed by atoms with Crippen LogP contribution in [0, 0.1) is 6.92 Å². The highest BCUT2D eigenvalue weighted by atomic mass is 16.5. The summed E-state index contributed by atoms with van der Waals surface area (Å²) in [6.07, 6.45) is 3.07. The van der Waals surface area contributed by atoms with E-state index in [4.69, 9.17) is 9.73 Å². The number of hydrogen-bond donors (Lipinski definition) is 1. The van der Waals surface area contributed by atoms with E-state index in [1.807, 2.05) is 24.4 Å². The Balaban J connectivity index is 1.68. The predicted molar refractivity (Wildman–Crippen MR) is 113 cm³/mol. The third-order valence-electron chi connectivity index (χ3n) is 5.58. The zero-order valence-electron chi connectivity index (χ0n) is 16.4. The molecule has 2 aliphatic heterocycles. The number of rotatable bonds is 4. The van der Waals surface area contributed by atoms with Gasteiger partial charge in [0, 0.05) is 62.5 Å². The molecule has 1 saturated heterocycles. The smallest absolute Gasteiger partial charge is 0.0864 e. The van der Waals surface area contributed by atoms with Crippen molar-refractivity contribution in [3.05, 3.63) is 47.5 Å². The molecule has 2 aliphatic rings. The van der Waals surface area contributed by atoms with Gasteiger partial charge in [0.25, 0.3) is 0 Å². The van der Waals surface area contributed by atoms with Gasteiger partial charge in [-0.15, -0.1) is 0 Å². The molecule has 1 N–H and O–H groups in total. The fraction of sp³-hybridized carbons (Fsp3) is 0.409. The van der Waals surface area contributed by atoms with E-state index in [1.54, 1.807) is 7.11 Å². The molecule has 2 aromatic rings. The number of aliphatic imine (C=N–C) groups is 1. The first kappa shape index (κ1) is 18.0. The monoisotopic (exact) mass is 364 g/mol. The van der Waals surface area contributed by atoms with E-state index in [1.165, 1.54) is 16.8 Å². The molecule has 1 fully saturated rings. The minimum Gasteiger partial charge on any atom is -0.385 e. The molecule has 4 rings (SSSR count). The Morgan fingerprint density at radius 2 is 2.04 bits per heavy atom. The van der Waals surface area contributed by atoms with Crippen LogP contribution in [-0.2, 0) is 4.74 Å². The maximum absolute atomic E-state index is 5.32. The maximum atomic E-state index is 5.32. The summed E-state index contributed by atoms with van der Waals surface area (Å²) in [4.78, 5) is 9.71. The summed E-state index contributed by atoms with van der Waals surface area (Å²) in [6.45, 7) is 6.06. The summed E-state index contributed by atoms with van der Waals surface area (Å²) in [5.41, 5.74) is 6.87. The van der Waals surface area contributed by atoms with Crippen LogP contribution in [0.15, 0.2) is 41.4 Å². The third-order valence-corrected chi connectivity index (χ3v) is 5.58. The molecule has 1 atom stereocenters. The Labute approximate surface area is 161 Å². The molecule has 0 radical (unpaired) electrons. The van der Waals surface area contributed by atoms with E-state index in [2.05, 4.69) is 47.3 Å². The second kappa shape index (κ2) is 7.71. The normalized spacial score (nSPS) is 19.2. The van der Waals surface area contributed by atoms with Crippen molar-refractivity contribution in [2.45, 2.75) is 19.4 Å². The average Bonchev–Trinajstić information content (AvgIpc) is 2.85. The third kappa shape index (κ3) is 3.70. The molecule has 0 aromatic heterocycles. The molecule has 27 heavy (non-hydrogen) atoms. The van der Waals surface area contributed by atoms with Gasteiger partial charge >= 0.3 is 0 Å². The summed E-state index contributed by atoms with van der Waals surface area (Å²) in [7, 11) is 3.99. The number of benzene rings is 2. The number of ether oxygens (including phenoxy) is 1. The van der Waals surface area contributed by atoms with Gasteiger partial charge in [-0.3, -0.25) is 9.89 Å². The minimum atomic E-state index is 0.503. The molecule has 0 saturated carbocycles. The maximum Gasteiger partial charge on any atom is 0.0864 e. The van der Waals surface area contributed by atoms with Gasteiger partial charge in [-0.1, -0.05) is 12.1 Å². The second-order valence-electron chi connectivity index (χ2n) is 7.51. The number of fused-ring (bicyclic) bond motifs is 2. The molecule has 1 unspecified atom stereocenters. The molecule has 2 heterocycles. The van der Waals surface area contributed by atoms with Crippen molar-refractivity contribution in [2.24, 2.45) is 4.99 Å². The number of nitrogens with one attached hydrogen (secondary N) is 1. The first-order valence-corrected chi connectivity index (χ1v) is 9.64. The molecule has 0 amide bonds. The first-order chi connectivity index (χ1) is 13.2. The zero-order chi connectivity index (χ0) is 18.8. The topological polar surface area (TPSA) is 40.1 Å². The number of piperazine rings is 1. The van der Waals surface area contributed by atoms with Crippen molar-refractivity contribution in [1.82, 2.24) is 4.90 Å². The lowest BCUT2D eigenvalue weighted by molar-refractivity contribution is 0.138. The van der Waals surface area contributed by atoms with E-state index in [0.717, 1.165) is 49.7 Å². The quantitative estimate of drug-likeness (QED) is 0.761. The summed E-state index contributed by atoms with van der Waals surface area (Å²) in [5, 5.41) is 3.60. The molecule has 5 heteroatoms. The highest BCUT2D eigenvalue weighted by Crippen LogP contribution is 2.37. The van der Waals surface area contributed by atoms with E-state index >= 15 is 0 Å². The molecular weight excluding hydrogens is 336 g/mol. The number of hydrogen-bond acceptors (Lipinski definition) is 5. The molecule has 142 valence electrons. The highest BCUT2D eigenvalue weighted by molar-refractivity contribution is 6.00. The van der Waals surface area contributed by atoms with E-state index in [-0.39, 0.29) is 0 Å². The molecule has 0 aliphatic carbocycles. The van der Waals surface area contributed by atoms with Crippen molar-refractivity contribution >= 4 is 29.0 Å². The van der Waals surface area contributed by atoms with Gasteiger partial charge in [-0.25, -0.2) is 0 Å². The molecule has 0 bridgehead atoms. The Hall–Kier alpha value is -2.37. The summed E-state index contributed by atoms with van der Waals surface area (Å²) < 4.78 is 5.32. The van der Waals surface area contributed by atoms with E-state index in [9.17, 15) is 0 Å². The molecule has 0 spiro atoms. The number of likely N-dealkylation sites (N-methyl/N-ethyl adjacent to an activating group) is 1. The standard InChI is InChI=1S/C22H28N4O/c1-16-12-21-18(14-23-19-6-4-5-7-20(19)24-21)22(13-16)26-10-9-25(2)17(15-26)8-11-27-3/h4-7,12-14,17,24H,8-11,15H2,1-3H3. The average molecular weight is 364 g/mol. The van der Waals surface area contributed by atoms with E-state index in [0.29, 0.717) is 6.04 Å². The van der Waals surface area contributed by atoms with Crippen LogP contribution in [0.1, 0.15) is 17.5 Å². The number of aryl methyl sites for hydroxylation is 1. The lowest BCUT2D eigenvalue weighted by Gasteiger charge is -2.41. The SMILES string of the molecule is COCCC1CN(c2cc(C)cc3c2C=Nc2ccccc2N3)CCN1C. The highest BCUT2D eigenvalue weighted by Gasteiger charge is 2.26. The van der Waals surface area contributed by atoms with Crippen LogP contribution < -0.4 is 10.2 Å². The summed E-state index contributed by atoms with van der Waals surface area (Å²) in [5.74, 6) is 0. The molecular formula is C22H28N4O. The number of para-hydroxylation sites is 2. The van der Waals surface area contributed by atoms with Gasteiger partial charge in [0.2, 0.25) is 0 Å². The van der Waals surface area contributed by atoms with Gasteiger partial charge in [0.15, 0.2) is 0 Å². The first-order valence-electron chi connectivity index (χ1n) is 9.64. The van der Waals surface area contributed by atoms with Crippen molar-refractivity contribution in [1.29, 1.82) is 0 Å². The van der Waals surface area contributed by atoms with Crippen molar-refractivity contribution in [2.75, 3.05) is 50.6 Å². The van der Waals surface area contributed by atoms with Crippen molar-refractivity contribution in [3.8, 4) is 0 Å².